The van der Waals surface area contributed by atoms with Crippen LogP contribution in [-0.2, 0) is 38.7 Å². The molecular weight excluding hydrogens is 729 g/mol. The largest absolute Gasteiger partial charge is 0.462 e. The molecule has 2 unspecified atom stereocenters. The molecule has 0 aromatic carbocycles. The molecule has 6 atom stereocenters. The van der Waals surface area contributed by atoms with Crippen molar-refractivity contribution in [3.05, 3.63) is 36.5 Å². The molecular formula is C42H74O12S. The SMILES string of the molecule is CCCCC/C=C/CCCCCCCC(=O)O[C@H](COC(=O)CCCCCCC/C=C/C=C/CCCCCC)CO[C@H]1O[C@H](CS(=O)(=O)O)[C@@H](O)C(O)C1O. The molecule has 12 nitrogen and oxygen atoms in total. The maximum atomic E-state index is 12.7. The number of ether oxygens (including phenoxy) is 4. The summed E-state index contributed by atoms with van der Waals surface area (Å²) in [7, 11) is -4.60. The Hall–Kier alpha value is -2.13. The molecule has 0 aliphatic carbocycles. The Morgan fingerprint density at radius 1 is 0.618 bits per heavy atom. The minimum atomic E-state index is -4.60. The van der Waals surface area contributed by atoms with E-state index in [4.69, 9.17) is 18.9 Å². The Morgan fingerprint density at radius 3 is 1.65 bits per heavy atom. The van der Waals surface area contributed by atoms with Crippen molar-refractivity contribution in [1.82, 2.24) is 0 Å². The smallest absolute Gasteiger partial charge is 0.306 e. The van der Waals surface area contributed by atoms with Crippen molar-refractivity contribution < 1.29 is 56.8 Å². The normalized spacial score (nSPS) is 21.2. The summed E-state index contributed by atoms with van der Waals surface area (Å²) in [6.07, 6.45) is 26.2. The lowest BCUT2D eigenvalue weighted by molar-refractivity contribution is -0.297. The molecule has 1 aliphatic heterocycles. The van der Waals surface area contributed by atoms with E-state index < -0.39 is 71.2 Å². The first-order chi connectivity index (χ1) is 26.5. The molecule has 1 saturated heterocycles. The summed E-state index contributed by atoms with van der Waals surface area (Å²) in [5.74, 6) is -2.02. The Kier molecular flexibility index (Phi) is 30.4. The first-order valence-electron chi connectivity index (χ1n) is 21.1. The number of hydrogen-bond acceptors (Lipinski definition) is 11. The topological polar surface area (TPSA) is 186 Å². The highest BCUT2D eigenvalue weighted by molar-refractivity contribution is 7.85. The summed E-state index contributed by atoms with van der Waals surface area (Å²) in [4.78, 5) is 25.3. The van der Waals surface area contributed by atoms with Crippen LogP contribution in [0.15, 0.2) is 36.5 Å². The van der Waals surface area contributed by atoms with Gasteiger partial charge < -0.3 is 34.3 Å². The van der Waals surface area contributed by atoms with Gasteiger partial charge in [-0.25, -0.2) is 0 Å². The molecule has 0 aromatic rings. The van der Waals surface area contributed by atoms with Gasteiger partial charge in [0.2, 0.25) is 0 Å². The number of rotatable bonds is 34. The highest BCUT2D eigenvalue weighted by Crippen LogP contribution is 2.24. The van der Waals surface area contributed by atoms with Crippen molar-refractivity contribution in [3.8, 4) is 0 Å². The quantitative estimate of drug-likeness (QED) is 0.0163. The van der Waals surface area contributed by atoms with E-state index in [1.807, 2.05) is 0 Å². The number of aliphatic hydroxyl groups excluding tert-OH is 3. The predicted molar refractivity (Wildman–Crippen MR) is 215 cm³/mol. The van der Waals surface area contributed by atoms with E-state index in [9.17, 15) is 37.9 Å². The van der Waals surface area contributed by atoms with E-state index in [0.29, 0.717) is 12.8 Å². The van der Waals surface area contributed by atoms with Crippen LogP contribution >= 0.6 is 0 Å². The van der Waals surface area contributed by atoms with Gasteiger partial charge in [0.1, 0.15) is 36.8 Å². The molecule has 1 fully saturated rings. The second-order valence-corrected chi connectivity index (χ2v) is 16.2. The van der Waals surface area contributed by atoms with E-state index in [-0.39, 0.29) is 19.4 Å². The average Bonchev–Trinajstić information content (AvgIpc) is 3.14. The fourth-order valence-electron chi connectivity index (χ4n) is 6.13. The Labute approximate surface area is 331 Å². The second kappa shape index (κ2) is 32.9. The number of unbranched alkanes of at least 4 members (excludes halogenated alkanes) is 17. The highest BCUT2D eigenvalue weighted by Gasteiger charge is 2.46. The van der Waals surface area contributed by atoms with Gasteiger partial charge in [-0.15, -0.1) is 0 Å². The minimum absolute atomic E-state index is 0.150. The van der Waals surface area contributed by atoms with Crippen molar-refractivity contribution in [3.63, 3.8) is 0 Å². The average molecular weight is 803 g/mol. The monoisotopic (exact) mass is 802 g/mol. The van der Waals surface area contributed by atoms with Gasteiger partial charge in [0.05, 0.1) is 6.61 Å². The first kappa shape index (κ1) is 50.9. The number of esters is 2. The lowest BCUT2D eigenvalue weighted by Gasteiger charge is -2.40. The molecule has 0 radical (unpaired) electrons. The summed E-state index contributed by atoms with van der Waals surface area (Å²) < 4.78 is 53.9. The van der Waals surface area contributed by atoms with Crippen molar-refractivity contribution in [1.29, 1.82) is 0 Å². The van der Waals surface area contributed by atoms with Gasteiger partial charge in [0, 0.05) is 12.8 Å². The van der Waals surface area contributed by atoms with Crippen LogP contribution in [0.4, 0.5) is 0 Å². The third kappa shape index (κ3) is 28.0. The van der Waals surface area contributed by atoms with Crippen LogP contribution in [0.25, 0.3) is 0 Å². The van der Waals surface area contributed by atoms with E-state index in [1.54, 1.807) is 0 Å². The zero-order valence-corrected chi connectivity index (χ0v) is 34.6. The first-order valence-corrected chi connectivity index (χ1v) is 22.7. The van der Waals surface area contributed by atoms with E-state index in [1.165, 1.54) is 44.9 Å². The number of hydrogen-bond donors (Lipinski definition) is 4. The maximum Gasteiger partial charge on any atom is 0.306 e. The van der Waals surface area contributed by atoms with Crippen LogP contribution < -0.4 is 0 Å². The van der Waals surface area contributed by atoms with Crippen LogP contribution in [0, 0.1) is 0 Å². The Balaban J connectivity index is 2.50. The molecule has 4 N–H and O–H groups in total. The molecule has 0 spiro atoms. The fraction of sp³-hybridized carbons (Fsp3) is 0.810. The molecule has 1 heterocycles. The zero-order chi connectivity index (χ0) is 40.6. The molecule has 13 heteroatoms. The van der Waals surface area contributed by atoms with E-state index >= 15 is 0 Å². The molecule has 0 amide bonds. The minimum Gasteiger partial charge on any atom is -0.462 e. The molecule has 1 aliphatic rings. The number of allylic oxidation sites excluding steroid dienone is 6. The maximum absolute atomic E-state index is 12.7. The summed E-state index contributed by atoms with van der Waals surface area (Å²) in [6.45, 7) is 3.67. The lowest BCUT2D eigenvalue weighted by atomic mass is 10.00. The van der Waals surface area contributed by atoms with Crippen LogP contribution in [0.2, 0.25) is 0 Å². The van der Waals surface area contributed by atoms with E-state index in [0.717, 1.165) is 77.0 Å². The number of carbonyl (C=O) groups is 2. The predicted octanol–water partition coefficient (Wildman–Crippen LogP) is 7.83. The molecule has 0 bridgehead atoms. The number of aliphatic hydroxyl groups is 3. The van der Waals surface area contributed by atoms with Gasteiger partial charge in [-0.1, -0.05) is 121 Å². The third-order valence-electron chi connectivity index (χ3n) is 9.47. The van der Waals surface area contributed by atoms with Gasteiger partial charge in [0.15, 0.2) is 12.4 Å². The molecule has 0 saturated carbocycles. The summed E-state index contributed by atoms with van der Waals surface area (Å²) in [5.41, 5.74) is 0. The van der Waals surface area contributed by atoms with Gasteiger partial charge in [0.25, 0.3) is 10.1 Å². The summed E-state index contributed by atoms with van der Waals surface area (Å²) in [6, 6.07) is 0. The standard InChI is InChI=1S/C42H74O12S/c1-3-5-7-9-11-13-15-17-18-19-21-22-24-26-28-30-37(43)51-32-35(33-52-42-41(47)40(46)39(45)36(54-42)34-55(48,49)50)53-38(44)31-29-27-25-23-20-16-14-12-10-8-6-4-2/h12-15,17-18,35-36,39-42,45-47H,3-11,16,19-34H2,1-2H3,(H,48,49,50)/b14-12+,15-13+,18-17+/t35-,36-,39-,40?,41?,42+/m1/s1. The zero-order valence-electron chi connectivity index (χ0n) is 33.8. The van der Waals surface area contributed by atoms with E-state index in [2.05, 4.69) is 50.3 Å². The molecule has 320 valence electrons. The van der Waals surface area contributed by atoms with Crippen LogP contribution in [0.1, 0.15) is 162 Å². The highest BCUT2D eigenvalue weighted by atomic mass is 32.2. The van der Waals surface area contributed by atoms with Crippen LogP contribution in [0.5, 0.6) is 0 Å². The van der Waals surface area contributed by atoms with Crippen molar-refractivity contribution in [2.75, 3.05) is 19.0 Å². The van der Waals surface area contributed by atoms with Crippen LogP contribution in [-0.4, -0.2) is 96.0 Å². The summed E-state index contributed by atoms with van der Waals surface area (Å²) in [5, 5.41) is 30.8. The fourth-order valence-corrected chi connectivity index (χ4v) is 6.82. The van der Waals surface area contributed by atoms with Gasteiger partial charge in [-0.2, -0.15) is 8.42 Å². The Bertz CT molecular complexity index is 1170. The molecule has 55 heavy (non-hydrogen) atoms. The van der Waals surface area contributed by atoms with Crippen molar-refractivity contribution in [2.45, 2.75) is 198 Å². The second-order valence-electron chi connectivity index (χ2n) is 14.7. The van der Waals surface area contributed by atoms with Gasteiger partial charge in [-0.05, 0) is 64.2 Å². The van der Waals surface area contributed by atoms with Crippen molar-refractivity contribution >= 4 is 22.1 Å². The number of carbonyl (C=O) groups excluding carboxylic acids is 2. The summed E-state index contributed by atoms with van der Waals surface area (Å²) >= 11 is 0. The third-order valence-corrected chi connectivity index (χ3v) is 10.2. The van der Waals surface area contributed by atoms with Crippen molar-refractivity contribution in [2.24, 2.45) is 0 Å². The van der Waals surface area contributed by atoms with Gasteiger partial charge >= 0.3 is 11.9 Å². The van der Waals surface area contributed by atoms with Crippen LogP contribution in [0.3, 0.4) is 0 Å². The molecule has 0 aromatic heterocycles. The Morgan fingerprint density at radius 2 is 1.09 bits per heavy atom. The molecule has 1 rings (SSSR count). The lowest BCUT2D eigenvalue weighted by Crippen LogP contribution is -2.60. The van der Waals surface area contributed by atoms with Gasteiger partial charge in [-0.3, -0.25) is 14.1 Å².